The molecule has 1 rings (SSSR count). The molecular weight excluding hydrogens is 190 g/mol. The summed E-state index contributed by atoms with van der Waals surface area (Å²) in [5.41, 5.74) is 0.287. The molecule has 13 heavy (non-hydrogen) atoms. The minimum Gasteiger partial charge on any atom is -0.479 e. The van der Waals surface area contributed by atoms with Crippen molar-refractivity contribution < 1.29 is 10.6 Å². The molecule has 0 fully saturated rings. The Morgan fingerprint density at radius 3 is 2.62 bits per heavy atom. The average Bonchev–Trinajstić information content (AvgIpc) is 2.45. The first kappa shape index (κ1) is 8.88. The minimum absolute atomic E-state index is 0.229. The van der Waals surface area contributed by atoms with Crippen LogP contribution in [0.15, 0.2) is 4.52 Å². The second kappa shape index (κ2) is 3.58. The van der Waals surface area contributed by atoms with Gasteiger partial charge in [-0.1, -0.05) is 20.8 Å². The summed E-state index contributed by atoms with van der Waals surface area (Å²) >= 11 is 5.73. The fourth-order valence-corrected chi connectivity index (χ4v) is 1.26. The summed E-state index contributed by atoms with van der Waals surface area (Å²) in [6.07, 6.45) is 0. The molecule has 0 saturated carbocycles. The Morgan fingerprint density at radius 1 is 1.62 bits per heavy atom. The minimum atomic E-state index is -0.912. The van der Waals surface area contributed by atoms with Gasteiger partial charge in [0.15, 0.2) is 0 Å². The zero-order valence-corrected chi connectivity index (χ0v) is 8.97. The zero-order chi connectivity index (χ0) is 10.9. The van der Waals surface area contributed by atoms with Crippen LogP contribution in [0.25, 0.3) is 0 Å². The van der Waals surface area contributed by atoms with E-state index in [1.165, 1.54) is 7.11 Å². The van der Waals surface area contributed by atoms with Crippen molar-refractivity contribution in [2.45, 2.75) is 32.0 Å². The third-order valence-corrected chi connectivity index (χ3v) is 1.90. The van der Waals surface area contributed by atoms with Crippen molar-refractivity contribution in [1.29, 1.82) is 0 Å². The molecule has 0 aliphatic carbocycles. The maximum atomic E-state index is 7.49. The third-order valence-electron chi connectivity index (χ3n) is 1.68. The molecule has 0 saturated heterocycles. The SMILES string of the molecule is [2H]C(Cl)c1c(OC)noc1C(C)(C)C. The van der Waals surface area contributed by atoms with Gasteiger partial charge in [-0.2, -0.15) is 0 Å². The molecule has 1 heterocycles. The summed E-state index contributed by atoms with van der Waals surface area (Å²) < 4.78 is 17.6. The van der Waals surface area contributed by atoms with E-state index < -0.39 is 5.86 Å². The summed E-state index contributed by atoms with van der Waals surface area (Å²) in [5, 5.41) is 3.72. The predicted molar refractivity (Wildman–Crippen MR) is 51.3 cm³/mol. The summed E-state index contributed by atoms with van der Waals surface area (Å²) in [4.78, 5) is 0. The lowest BCUT2D eigenvalue weighted by Crippen LogP contribution is -2.12. The lowest BCUT2D eigenvalue weighted by Gasteiger charge is -2.14. The number of halogens is 1. The zero-order valence-electron chi connectivity index (χ0n) is 9.22. The number of aromatic nitrogens is 1. The molecule has 0 aromatic carbocycles. The molecule has 0 aliphatic rings. The maximum absolute atomic E-state index is 7.49. The van der Waals surface area contributed by atoms with Gasteiger partial charge in [0.1, 0.15) is 5.76 Å². The Morgan fingerprint density at radius 2 is 2.23 bits per heavy atom. The van der Waals surface area contributed by atoms with Gasteiger partial charge < -0.3 is 9.26 Å². The first-order valence-corrected chi connectivity index (χ1v) is 4.42. The van der Waals surface area contributed by atoms with E-state index in [0.29, 0.717) is 17.2 Å². The van der Waals surface area contributed by atoms with E-state index in [1.54, 1.807) is 0 Å². The van der Waals surface area contributed by atoms with Gasteiger partial charge in [0, 0.05) is 6.79 Å². The molecule has 0 bridgehead atoms. The van der Waals surface area contributed by atoms with Gasteiger partial charge >= 0.3 is 0 Å². The van der Waals surface area contributed by atoms with E-state index in [2.05, 4.69) is 5.16 Å². The van der Waals surface area contributed by atoms with Crippen molar-refractivity contribution in [3.63, 3.8) is 0 Å². The van der Waals surface area contributed by atoms with Crippen molar-refractivity contribution in [3.05, 3.63) is 11.3 Å². The molecule has 4 heteroatoms. The molecule has 3 nitrogen and oxygen atoms in total. The molecular formula is C9H14ClNO2. The van der Waals surface area contributed by atoms with Crippen LogP contribution in [-0.2, 0) is 11.3 Å². The van der Waals surface area contributed by atoms with Gasteiger partial charge in [-0.3, -0.25) is 0 Å². The molecule has 1 unspecified atom stereocenters. The van der Waals surface area contributed by atoms with Gasteiger partial charge in [0.05, 0.1) is 18.5 Å². The highest BCUT2D eigenvalue weighted by molar-refractivity contribution is 6.17. The summed E-state index contributed by atoms with van der Waals surface area (Å²) in [5.74, 6) is -0.0142. The molecule has 0 spiro atoms. The molecule has 1 atom stereocenters. The maximum Gasteiger partial charge on any atom is 0.258 e. The summed E-state index contributed by atoms with van der Waals surface area (Å²) in [6, 6.07) is 0. The van der Waals surface area contributed by atoms with Crippen LogP contribution in [-0.4, -0.2) is 12.3 Å². The normalized spacial score (nSPS) is 15.3. The van der Waals surface area contributed by atoms with Crippen molar-refractivity contribution in [1.82, 2.24) is 5.16 Å². The Balaban J connectivity index is 3.25. The van der Waals surface area contributed by atoms with E-state index in [-0.39, 0.29) is 5.41 Å². The van der Waals surface area contributed by atoms with Crippen LogP contribution < -0.4 is 4.74 Å². The van der Waals surface area contributed by atoms with Crippen molar-refractivity contribution >= 4 is 11.6 Å². The first-order valence-electron chi connectivity index (χ1n) is 4.56. The van der Waals surface area contributed by atoms with Crippen molar-refractivity contribution in [2.75, 3.05) is 7.11 Å². The van der Waals surface area contributed by atoms with Crippen LogP contribution in [0.1, 0.15) is 33.5 Å². The van der Waals surface area contributed by atoms with Crippen molar-refractivity contribution in [3.8, 4) is 5.88 Å². The topological polar surface area (TPSA) is 35.3 Å². The fourth-order valence-electron chi connectivity index (χ4n) is 1.07. The lowest BCUT2D eigenvalue weighted by molar-refractivity contribution is 0.301. The van der Waals surface area contributed by atoms with E-state index in [9.17, 15) is 0 Å². The Labute approximate surface area is 84.4 Å². The fraction of sp³-hybridized carbons (Fsp3) is 0.667. The Kier molecular flexibility index (Phi) is 2.44. The van der Waals surface area contributed by atoms with Crippen LogP contribution in [0.3, 0.4) is 0 Å². The monoisotopic (exact) mass is 204 g/mol. The highest BCUT2D eigenvalue weighted by Gasteiger charge is 2.26. The van der Waals surface area contributed by atoms with Gasteiger partial charge in [0.2, 0.25) is 0 Å². The Hall–Kier alpha value is -0.700. The molecule has 0 amide bonds. The van der Waals surface area contributed by atoms with Gasteiger partial charge in [-0.25, -0.2) is 0 Å². The number of rotatable bonds is 2. The van der Waals surface area contributed by atoms with Gasteiger partial charge in [-0.15, -0.1) is 11.6 Å². The van der Waals surface area contributed by atoms with E-state index >= 15 is 0 Å². The molecule has 74 valence electrons. The quantitative estimate of drug-likeness (QED) is 0.695. The lowest BCUT2D eigenvalue weighted by atomic mass is 9.91. The number of methoxy groups -OCH3 is 1. The molecule has 0 aliphatic heterocycles. The van der Waals surface area contributed by atoms with Gasteiger partial charge in [0.25, 0.3) is 5.88 Å². The molecule has 1 aromatic heterocycles. The highest BCUT2D eigenvalue weighted by Crippen LogP contribution is 2.32. The van der Waals surface area contributed by atoms with E-state index in [0.717, 1.165) is 0 Å². The molecule has 1 aromatic rings. The molecule has 0 radical (unpaired) electrons. The van der Waals surface area contributed by atoms with E-state index in [4.69, 9.17) is 22.2 Å². The second-order valence-corrected chi connectivity index (χ2v) is 4.01. The summed E-state index contributed by atoms with van der Waals surface area (Å²) in [7, 11) is 1.48. The van der Waals surface area contributed by atoms with Crippen molar-refractivity contribution in [2.24, 2.45) is 0 Å². The largest absolute Gasteiger partial charge is 0.479 e. The average molecular weight is 205 g/mol. The number of hydrogen-bond acceptors (Lipinski definition) is 3. The van der Waals surface area contributed by atoms with Crippen LogP contribution >= 0.6 is 11.6 Å². The Bertz CT molecular complexity index is 317. The number of ether oxygens (including phenoxy) is 1. The van der Waals surface area contributed by atoms with E-state index in [1.807, 2.05) is 20.8 Å². The van der Waals surface area contributed by atoms with Crippen LogP contribution in [0.2, 0.25) is 0 Å². The highest BCUT2D eigenvalue weighted by atomic mass is 35.5. The number of alkyl halides is 1. The first-order chi connectivity index (χ1) is 6.38. The van der Waals surface area contributed by atoms with Crippen LogP contribution in [0, 0.1) is 0 Å². The second-order valence-electron chi connectivity index (χ2n) is 3.79. The smallest absolute Gasteiger partial charge is 0.258 e. The van der Waals surface area contributed by atoms with Crippen LogP contribution in [0.5, 0.6) is 5.88 Å². The third kappa shape index (κ3) is 1.97. The summed E-state index contributed by atoms with van der Waals surface area (Å²) in [6.45, 7) is 5.90. The van der Waals surface area contributed by atoms with Gasteiger partial charge in [-0.05, 0) is 5.16 Å². The standard InChI is InChI=1S/C9H14ClNO2/c1-9(2,3)7-6(5-10)8(12-4)11-13-7/h5H2,1-4H3/i5D. The molecule has 0 N–H and O–H groups in total. The number of nitrogens with zero attached hydrogens (tertiary/aromatic N) is 1. The number of hydrogen-bond donors (Lipinski definition) is 0. The predicted octanol–water partition coefficient (Wildman–Crippen LogP) is 2.72. The van der Waals surface area contributed by atoms with Crippen LogP contribution in [0.4, 0.5) is 0 Å².